The summed E-state index contributed by atoms with van der Waals surface area (Å²) >= 11 is 0. The molecule has 0 aromatic carbocycles. The maximum absolute atomic E-state index is 12.0. The number of nitrogens with one attached hydrogen (secondary N) is 2. The van der Waals surface area contributed by atoms with Crippen LogP contribution < -0.4 is 10.6 Å². The number of ether oxygens (including phenoxy) is 1. The molecule has 0 aliphatic heterocycles. The second kappa shape index (κ2) is 14.8. The molecule has 0 saturated heterocycles. The first kappa shape index (κ1) is 24.6. The zero-order valence-electron chi connectivity index (χ0n) is 15.7. The summed E-state index contributed by atoms with van der Waals surface area (Å²) in [6.07, 6.45) is 5.28. The normalized spacial score (nSPS) is 21.8. The fraction of sp³-hybridized carbons (Fsp3) is 0.882. The maximum Gasteiger partial charge on any atom is 0.305 e. The molecule has 2 N–H and O–H groups in total. The molecule has 3 unspecified atom stereocenters. The summed E-state index contributed by atoms with van der Waals surface area (Å²) in [4.78, 5) is 15.9. The number of hydrogen-bond donors (Lipinski definition) is 2. The van der Waals surface area contributed by atoms with E-state index in [1.165, 1.54) is 0 Å². The fourth-order valence-electron chi connectivity index (χ4n) is 2.91. The lowest BCUT2D eigenvalue weighted by Crippen LogP contribution is -2.46. The molecular formula is C17H34IN3O3S. The van der Waals surface area contributed by atoms with E-state index in [-0.39, 0.29) is 29.9 Å². The van der Waals surface area contributed by atoms with Crippen molar-refractivity contribution in [2.24, 2.45) is 4.99 Å². The molecule has 0 radical (unpaired) electrons. The minimum atomic E-state index is -0.719. The highest BCUT2D eigenvalue weighted by Crippen LogP contribution is 2.22. The SMILES string of the molecule is CCNC(=NCCCC(=O)OCC)NC1CCCC(S(=O)CC)C1.I. The van der Waals surface area contributed by atoms with E-state index in [0.29, 0.717) is 37.3 Å². The summed E-state index contributed by atoms with van der Waals surface area (Å²) in [5.41, 5.74) is 0. The Bertz CT molecular complexity index is 435. The van der Waals surface area contributed by atoms with Crippen molar-refractivity contribution in [1.29, 1.82) is 0 Å². The third kappa shape index (κ3) is 10.4. The zero-order chi connectivity index (χ0) is 17.8. The minimum Gasteiger partial charge on any atom is -0.466 e. The quantitative estimate of drug-likeness (QED) is 0.172. The molecule has 0 spiro atoms. The van der Waals surface area contributed by atoms with Gasteiger partial charge in [-0.15, -0.1) is 24.0 Å². The third-order valence-electron chi connectivity index (χ3n) is 4.08. The van der Waals surface area contributed by atoms with Gasteiger partial charge in [-0.25, -0.2) is 0 Å². The largest absolute Gasteiger partial charge is 0.466 e. The van der Waals surface area contributed by atoms with Gasteiger partial charge in [-0.3, -0.25) is 14.0 Å². The van der Waals surface area contributed by atoms with Crippen LogP contribution in [0.4, 0.5) is 0 Å². The predicted octanol–water partition coefficient (Wildman–Crippen LogP) is 2.58. The maximum atomic E-state index is 12.0. The van der Waals surface area contributed by atoms with Crippen molar-refractivity contribution in [2.75, 3.05) is 25.4 Å². The van der Waals surface area contributed by atoms with E-state index >= 15 is 0 Å². The predicted molar refractivity (Wildman–Crippen MR) is 115 cm³/mol. The summed E-state index contributed by atoms with van der Waals surface area (Å²) in [5.74, 6) is 1.36. The first-order valence-corrected chi connectivity index (χ1v) is 10.6. The van der Waals surface area contributed by atoms with E-state index in [0.717, 1.165) is 43.9 Å². The van der Waals surface area contributed by atoms with Crippen molar-refractivity contribution in [3.8, 4) is 0 Å². The van der Waals surface area contributed by atoms with Crippen LogP contribution >= 0.6 is 24.0 Å². The molecule has 148 valence electrons. The van der Waals surface area contributed by atoms with Gasteiger partial charge in [0.25, 0.3) is 0 Å². The van der Waals surface area contributed by atoms with E-state index in [9.17, 15) is 9.00 Å². The van der Waals surface area contributed by atoms with Crippen LogP contribution in [-0.2, 0) is 20.3 Å². The van der Waals surface area contributed by atoms with Crippen molar-refractivity contribution in [1.82, 2.24) is 10.6 Å². The molecule has 0 bridgehead atoms. The molecule has 0 heterocycles. The summed E-state index contributed by atoms with van der Waals surface area (Å²) in [7, 11) is -0.719. The van der Waals surface area contributed by atoms with Gasteiger partial charge >= 0.3 is 5.97 Å². The third-order valence-corrected chi connectivity index (χ3v) is 5.82. The van der Waals surface area contributed by atoms with Crippen molar-refractivity contribution in [3.63, 3.8) is 0 Å². The Kier molecular flexibility index (Phi) is 14.5. The van der Waals surface area contributed by atoms with Gasteiger partial charge in [0.1, 0.15) is 0 Å². The summed E-state index contributed by atoms with van der Waals surface area (Å²) in [5, 5.41) is 7.01. The van der Waals surface area contributed by atoms with Gasteiger partial charge < -0.3 is 15.4 Å². The van der Waals surface area contributed by atoms with Gasteiger partial charge in [0.05, 0.1) is 6.61 Å². The van der Waals surface area contributed by atoms with E-state index in [1.807, 2.05) is 20.8 Å². The van der Waals surface area contributed by atoms with E-state index in [1.54, 1.807) is 0 Å². The fourth-order valence-corrected chi connectivity index (χ4v) is 4.26. The average molecular weight is 487 g/mol. The number of halogens is 1. The number of nitrogens with zero attached hydrogens (tertiary/aromatic N) is 1. The minimum absolute atomic E-state index is 0. The molecule has 0 aromatic rings. The van der Waals surface area contributed by atoms with Gasteiger partial charge in [-0.05, 0) is 39.5 Å². The molecule has 6 nitrogen and oxygen atoms in total. The Morgan fingerprint density at radius 3 is 2.68 bits per heavy atom. The molecule has 1 rings (SSSR count). The van der Waals surface area contributed by atoms with E-state index in [2.05, 4.69) is 15.6 Å². The van der Waals surface area contributed by atoms with Gasteiger partial charge in [-0.2, -0.15) is 0 Å². The molecule has 3 atom stereocenters. The first-order chi connectivity index (χ1) is 11.6. The number of carbonyl (C=O) groups excluding carboxylic acids is 1. The molecule has 8 heteroatoms. The standard InChI is InChI=1S/C17H33N3O3S.HI/c1-4-18-17(19-12-8-11-16(21)23-5-2)20-14-9-7-10-15(13-14)24(22)6-3;/h14-15H,4-13H2,1-3H3,(H2,18,19,20);1H. The topological polar surface area (TPSA) is 79.8 Å². The van der Waals surface area contributed by atoms with Crippen LogP contribution in [0.2, 0.25) is 0 Å². The number of carbonyl (C=O) groups is 1. The van der Waals surface area contributed by atoms with Gasteiger partial charge in [0.2, 0.25) is 0 Å². The van der Waals surface area contributed by atoms with Crippen LogP contribution in [0.3, 0.4) is 0 Å². The second-order valence-electron chi connectivity index (χ2n) is 5.97. The van der Waals surface area contributed by atoms with Crippen LogP contribution in [0.5, 0.6) is 0 Å². The summed E-state index contributed by atoms with van der Waals surface area (Å²) in [6, 6.07) is 0.321. The lowest BCUT2D eigenvalue weighted by molar-refractivity contribution is -0.143. The molecule has 1 aliphatic rings. The molecule has 0 amide bonds. The summed E-state index contributed by atoms with van der Waals surface area (Å²) in [6.45, 7) is 7.64. The van der Waals surface area contributed by atoms with E-state index < -0.39 is 10.8 Å². The van der Waals surface area contributed by atoms with Crippen LogP contribution in [0.25, 0.3) is 0 Å². The molecule has 25 heavy (non-hydrogen) atoms. The Labute approximate surface area is 171 Å². The molecule has 0 aromatic heterocycles. The Balaban J connectivity index is 0.00000576. The van der Waals surface area contributed by atoms with Gasteiger partial charge in [-0.1, -0.05) is 13.3 Å². The highest BCUT2D eigenvalue weighted by atomic mass is 127. The Morgan fingerprint density at radius 2 is 2.04 bits per heavy atom. The van der Waals surface area contributed by atoms with Crippen LogP contribution in [0, 0.1) is 0 Å². The Morgan fingerprint density at radius 1 is 1.28 bits per heavy atom. The molecule has 1 aliphatic carbocycles. The number of aliphatic imine (C=N–C) groups is 1. The smallest absolute Gasteiger partial charge is 0.305 e. The molecular weight excluding hydrogens is 453 g/mol. The highest BCUT2D eigenvalue weighted by molar-refractivity contribution is 14.0. The Hall–Kier alpha value is -0.380. The van der Waals surface area contributed by atoms with Crippen molar-refractivity contribution >= 4 is 46.7 Å². The lowest BCUT2D eigenvalue weighted by Gasteiger charge is -2.30. The lowest BCUT2D eigenvalue weighted by atomic mass is 9.95. The summed E-state index contributed by atoms with van der Waals surface area (Å²) < 4.78 is 17.0. The molecule has 1 saturated carbocycles. The zero-order valence-corrected chi connectivity index (χ0v) is 18.9. The monoisotopic (exact) mass is 487 g/mol. The highest BCUT2D eigenvalue weighted by Gasteiger charge is 2.25. The number of rotatable bonds is 9. The van der Waals surface area contributed by atoms with E-state index in [4.69, 9.17) is 4.74 Å². The van der Waals surface area contributed by atoms with Crippen LogP contribution in [0.15, 0.2) is 4.99 Å². The van der Waals surface area contributed by atoms with Gasteiger partial charge in [0, 0.05) is 47.4 Å². The van der Waals surface area contributed by atoms with Crippen molar-refractivity contribution in [2.45, 2.75) is 70.6 Å². The van der Waals surface area contributed by atoms with Crippen LogP contribution in [-0.4, -0.2) is 52.9 Å². The first-order valence-electron chi connectivity index (χ1n) is 9.18. The molecule has 1 fully saturated rings. The average Bonchev–Trinajstić information content (AvgIpc) is 2.58. The van der Waals surface area contributed by atoms with Crippen molar-refractivity contribution in [3.05, 3.63) is 0 Å². The second-order valence-corrected chi connectivity index (χ2v) is 7.97. The van der Waals surface area contributed by atoms with Crippen LogP contribution in [0.1, 0.15) is 59.3 Å². The number of guanidine groups is 1. The number of hydrogen-bond acceptors (Lipinski definition) is 4. The number of esters is 1. The van der Waals surface area contributed by atoms with Gasteiger partial charge in [0.15, 0.2) is 5.96 Å². The van der Waals surface area contributed by atoms with Crippen molar-refractivity contribution < 1.29 is 13.7 Å².